The summed E-state index contributed by atoms with van der Waals surface area (Å²) in [6.07, 6.45) is 4.05. The van der Waals surface area contributed by atoms with Crippen LogP contribution in [0.5, 0.6) is 0 Å². The Hall–Kier alpha value is -1.57. The first-order valence-electron chi connectivity index (χ1n) is 6.20. The third-order valence-electron chi connectivity index (χ3n) is 3.21. The van der Waals surface area contributed by atoms with Gasteiger partial charge in [-0.05, 0) is 31.2 Å². The van der Waals surface area contributed by atoms with Gasteiger partial charge in [0, 0.05) is 12.0 Å². The third kappa shape index (κ3) is 2.96. The van der Waals surface area contributed by atoms with Crippen molar-refractivity contribution in [3.63, 3.8) is 0 Å². The van der Waals surface area contributed by atoms with Crippen LogP contribution in [0.25, 0.3) is 0 Å². The van der Waals surface area contributed by atoms with Crippen LogP contribution in [0.2, 0.25) is 0 Å². The lowest BCUT2D eigenvalue weighted by Gasteiger charge is -2.23. The van der Waals surface area contributed by atoms with Crippen molar-refractivity contribution < 1.29 is 9.53 Å². The lowest BCUT2D eigenvalue weighted by molar-refractivity contribution is -0.116. The van der Waals surface area contributed by atoms with Gasteiger partial charge in [0.15, 0.2) is 5.78 Å². The van der Waals surface area contributed by atoms with Crippen LogP contribution >= 0.6 is 0 Å². The molecule has 0 spiro atoms. The van der Waals surface area contributed by atoms with Crippen molar-refractivity contribution >= 4 is 5.78 Å². The van der Waals surface area contributed by atoms with Gasteiger partial charge in [0.05, 0.1) is 12.9 Å². The van der Waals surface area contributed by atoms with E-state index in [1.165, 1.54) is 5.56 Å². The van der Waals surface area contributed by atoms with Crippen molar-refractivity contribution in [3.05, 3.63) is 47.7 Å². The topological polar surface area (TPSA) is 26.3 Å². The van der Waals surface area contributed by atoms with Gasteiger partial charge in [0.25, 0.3) is 0 Å². The minimum absolute atomic E-state index is 0.241. The van der Waals surface area contributed by atoms with E-state index in [1.54, 1.807) is 6.26 Å². The molecule has 1 aliphatic carbocycles. The number of carbonyl (C=O) groups is 1. The summed E-state index contributed by atoms with van der Waals surface area (Å²) in [6.45, 7) is 2.55. The predicted octanol–water partition coefficient (Wildman–Crippen LogP) is 3.44. The second-order valence-corrected chi connectivity index (χ2v) is 4.37. The number of Topliss-reactive ketones (excluding diaryl/α,β-unsaturated/α-hetero) is 1. The molecule has 17 heavy (non-hydrogen) atoms. The molecule has 0 radical (unpaired) electrons. The Bertz CT molecular complexity index is 406. The normalized spacial score (nSPS) is 22.8. The van der Waals surface area contributed by atoms with Crippen LogP contribution in [-0.2, 0) is 9.53 Å². The minimum Gasteiger partial charge on any atom is -0.501 e. The monoisotopic (exact) mass is 230 g/mol. The summed E-state index contributed by atoms with van der Waals surface area (Å²) >= 11 is 0. The van der Waals surface area contributed by atoms with E-state index >= 15 is 0 Å². The maximum atomic E-state index is 11.7. The van der Waals surface area contributed by atoms with Gasteiger partial charge in [-0.3, -0.25) is 4.79 Å². The van der Waals surface area contributed by atoms with Crippen molar-refractivity contribution in [2.75, 3.05) is 6.61 Å². The highest BCUT2D eigenvalue weighted by atomic mass is 16.5. The molecule has 0 saturated heterocycles. The molecule has 0 N–H and O–H groups in total. The summed E-state index contributed by atoms with van der Waals surface area (Å²) in [5.41, 5.74) is 2.16. The summed E-state index contributed by atoms with van der Waals surface area (Å²) in [6, 6.07) is 10.4. The van der Waals surface area contributed by atoms with Crippen LogP contribution in [0, 0.1) is 0 Å². The number of benzene rings is 1. The zero-order valence-electron chi connectivity index (χ0n) is 10.2. The van der Waals surface area contributed by atoms with Gasteiger partial charge in [-0.2, -0.15) is 0 Å². The second kappa shape index (κ2) is 5.67. The van der Waals surface area contributed by atoms with Gasteiger partial charge in [-0.25, -0.2) is 0 Å². The Labute approximate surface area is 102 Å². The molecule has 1 saturated carbocycles. The summed E-state index contributed by atoms with van der Waals surface area (Å²) < 4.78 is 5.24. The number of rotatable bonds is 3. The van der Waals surface area contributed by atoms with Crippen LogP contribution < -0.4 is 0 Å². The lowest BCUT2D eigenvalue weighted by atomic mass is 9.81. The first-order valence-corrected chi connectivity index (χ1v) is 6.20. The maximum Gasteiger partial charge on any atom is 0.161 e. The number of ketones is 1. The molecule has 0 aromatic heterocycles. The minimum atomic E-state index is 0.241. The molecule has 1 fully saturated rings. The Balaban J connectivity index is 2.10. The molecule has 1 aromatic rings. The molecule has 1 aliphatic rings. The Morgan fingerprint density at radius 3 is 2.82 bits per heavy atom. The molecular weight excluding hydrogens is 212 g/mol. The summed E-state index contributed by atoms with van der Waals surface area (Å²) in [5.74, 6) is 0.700. The number of hydrogen-bond acceptors (Lipinski definition) is 2. The highest BCUT2D eigenvalue weighted by Crippen LogP contribution is 2.33. The van der Waals surface area contributed by atoms with Gasteiger partial charge in [0.2, 0.25) is 0 Å². The Kier molecular flexibility index (Phi) is 3.97. The molecule has 0 bridgehead atoms. The van der Waals surface area contributed by atoms with E-state index in [9.17, 15) is 4.79 Å². The van der Waals surface area contributed by atoms with Crippen LogP contribution in [0.15, 0.2) is 42.2 Å². The van der Waals surface area contributed by atoms with E-state index in [2.05, 4.69) is 24.3 Å². The van der Waals surface area contributed by atoms with Gasteiger partial charge >= 0.3 is 0 Å². The number of hydrogen-bond donors (Lipinski definition) is 0. The zero-order valence-corrected chi connectivity index (χ0v) is 10.2. The largest absolute Gasteiger partial charge is 0.501 e. The van der Waals surface area contributed by atoms with Gasteiger partial charge in [-0.15, -0.1) is 0 Å². The molecule has 2 heteroatoms. The van der Waals surface area contributed by atoms with Gasteiger partial charge < -0.3 is 4.74 Å². The molecule has 2 rings (SSSR count). The maximum absolute atomic E-state index is 11.7. The van der Waals surface area contributed by atoms with Gasteiger partial charge in [0.1, 0.15) is 0 Å². The van der Waals surface area contributed by atoms with Crippen molar-refractivity contribution in [1.82, 2.24) is 0 Å². The van der Waals surface area contributed by atoms with Crippen LogP contribution in [0.3, 0.4) is 0 Å². The predicted molar refractivity (Wildman–Crippen MR) is 67.8 cm³/mol. The molecule has 2 nitrogen and oxygen atoms in total. The molecule has 1 unspecified atom stereocenters. The molecule has 1 aromatic carbocycles. The van der Waals surface area contributed by atoms with Crippen LogP contribution in [-0.4, -0.2) is 12.4 Å². The summed E-state index contributed by atoms with van der Waals surface area (Å²) in [7, 11) is 0. The number of carbonyl (C=O) groups excluding carboxylic acids is 1. The highest BCUT2D eigenvalue weighted by Gasteiger charge is 2.24. The van der Waals surface area contributed by atoms with E-state index in [4.69, 9.17) is 4.74 Å². The molecule has 0 heterocycles. The Morgan fingerprint density at radius 1 is 1.35 bits per heavy atom. The fourth-order valence-corrected chi connectivity index (χ4v) is 2.25. The van der Waals surface area contributed by atoms with Crippen molar-refractivity contribution in [3.8, 4) is 0 Å². The summed E-state index contributed by atoms with van der Waals surface area (Å²) in [4.78, 5) is 11.7. The average molecular weight is 230 g/mol. The SMILES string of the molecule is CCO/C=C1/CC(c2ccccc2)CCC1=O. The zero-order chi connectivity index (χ0) is 12.1. The van der Waals surface area contributed by atoms with Gasteiger partial charge in [-0.1, -0.05) is 30.3 Å². The second-order valence-electron chi connectivity index (χ2n) is 4.37. The smallest absolute Gasteiger partial charge is 0.161 e. The van der Waals surface area contributed by atoms with Crippen molar-refractivity contribution in [2.45, 2.75) is 32.1 Å². The first kappa shape index (κ1) is 11.9. The first-order chi connectivity index (χ1) is 8.31. The molecular formula is C15H18O2. The van der Waals surface area contributed by atoms with E-state index in [0.717, 1.165) is 18.4 Å². The molecule has 90 valence electrons. The fourth-order valence-electron chi connectivity index (χ4n) is 2.25. The quantitative estimate of drug-likeness (QED) is 0.587. The molecule has 1 atom stereocenters. The molecule has 0 aliphatic heterocycles. The van der Waals surface area contributed by atoms with E-state index in [1.807, 2.05) is 13.0 Å². The van der Waals surface area contributed by atoms with Crippen molar-refractivity contribution in [2.24, 2.45) is 0 Å². The Morgan fingerprint density at radius 2 is 2.12 bits per heavy atom. The van der Waals surface area contributed by atoms with E-state index in [-0.39, 0.29) is 5.78 Å². The highest BCUT2D eigenvalue weighted by molar-refractivity contribution is 5.96. The van der Waals surface area contributed by atoms with E-state index in [0.29, 0.717) is 18.9 Å². The summed E-state index contributed by atoms with van der Waals surface area (Å²) in [5, 5.41) is 0. The average Bonchev–Trinajstić information content (AvgIpc) is 2.39. The lowest BCUT2D eigenvalue weighted by Crippen LogP contribution is -2.16. The standard InChI is InChI=1S/C15H18O2/c1-2-17-11-14-10-13(8-9-15(14)16)12-6-4-3-5-7-12/h3-7,11,13H,2,8-10H2,1H3/b14-11-. The number of allylic oxidation sites excluding steroid dienone is 1. The van der Waals surface area contributed by atoms with Crippen LogP contribution in [0.4, 0.5) is 0 Å². The van der Waals surface area contributed by atoms with Crippen LogP contribution in [0.1, 0.15) is 37.7 Å². The third-order valence-corrected chi connectivity index (χ3v) is 3.21. The molecule has 0 amide bonds. The van der Waals surface area contributed by atoms with Crippen molar-refractivity contribution in [1.29, 1.82) is 0 Å². The van der Waals surface area contributed by atoms with E-state index < -0.39 is 0 Å². The number of ether oxygens (including phenoxy) is 1. The fraction of sp³-hybridized carbons (Fsp3) is 0.400.